The summed E-state index contributed by atoms with van der Waals surface area (Å²) in [7, 11) is 0. The molecule has 0 bridgehead atoms. The maximum absolute atomic E-state index is 11.5. The van der Waals surface area contributed by atoms with Gasteiger partial charge in [-0.1, -0.05) is 42.5 Å². The first-order valence-corrected chi connectivity index (χ1v) is 6.17. The summed E-state index contributed by atoms with van der Waals surface area (Å²) >= 11 is 5.59. The Balaban J connectivity index is 2.47. The van der Waals surface area contributed by atoms with Crippen LogP contribution in [0.3, 0.4) is 0 Å². The molecule has 0 aliphatic heterocycles. The first-order chi connectivity index (χ1) is 9.58. The van der Waals surface area contributed by atoms with Crippen LogP contribution in [-0.4, -0.2) is 10.2 Å². The van der Waals surface area contributed by atoms with Crippen LogP contribution in [0.1, 0.15) is 11.1 Å². The lowest BCUT2D eigenvalue weighted by Gasteiger charge is -2.03. The van der Waals surface area contributed by atoms with E-state index in [4.69, 9.17) is 11.6 Å². The second-order valence-electron chi connectivity index (χ2n) is 4.05. The number of halogens is 1. The van der Waals surface area contributed by atoms with Gasteiger partial charge in [0.05, 0.1) is 4.92 Å². The highest BCUT2D eigenvalue weighted by atomic mass is 35.5. The van der Waals surface area contributed by atoms with Crippen LogP contribution in [0.25, 0.3) is 11.6 Å². The van der Waals surface area contributed by atoms with Gasteiger partial charge in [-0.2, -0.15) is 0 Å². The van der Waals surface area contributed by atoms with E-state index in [2.05, 4.69) is 0 Å². The van der Waals surface area contributed by atoms with Crippen LogP contribution >= 0.6 is 11.6 Å². The van der Waals surface area contributed by atoms with Gasteiger partial charge in [-0.15, -0.1) is 0 Å². The predicted octanol–water partition coefficient (Wildman–Crippen LogP) is 3.90. The Morgan fingerprint density at radius 3 is 2.40 bits per heavy atom. The van der Waals surface area contributed by atoms with E-state index < -0.39 is 10.2 Å². The summed E-state index contributed by atoms with van der Waals surface area (Å²) in [6.45, 7) is 0. The number of benzene rings is 2. The van der Waals surface area contributed by atoms with Crippen LogP contribution in [0.15, 0.2) is 54.6 Å². The molecule has 0 amide bonds. The van der Waals surface area contributed by atoms with Gasteiger partial charge in [0.15, 0.2) is 0 Å². The van der Waals surface area contributed by atoms with Gasteiger partial charge in [0, 0.05) is 17.7 Å². The molecule has 5 heteroatoms. The number of nitro benzene ring substituents is 1. The smallest absolute Gasteiger partial charge is 0.270 e. The van der Waals surface area contributed by atoms with Crippen molar-refractivity contribution in [2.45, 2.75) is 0 Å². The third kappa shape index (κ3) is 3.30. The van der Waals surface area contributed by atoms with Gasteiger partial charge in [0.2, 0.25) is 0 Å². The lowest BCUT2D eigenvalue weighted by Crippen LogP contribution is -1.93. The van der Waals surface area contributed by atoms with Crippen LogP contribution < -0.4 is 0 Å². The van der Waals surface area contributed by atoms with Crippen molar-refractivity contribution < 1.29 is 9.72 Å². The molecule has 0 heterocycles. The minimum Gasteiger partial charge on any atom is -0.276 e. The van der Waals surface area contributed by atoms with E-state index in [0.29, 0.717) is 16.7 Å². The molecule has 0 N–H and O–H groups in total. The lowest BCUT2D eigenvalue weighted by molar-refractivity contribution is -0.384. The molecule has 0 saturated carbocycles. The highest BCUT2D eigenvalue weighted by molar-refractivity contribution is 6.75. The van der Waals surface area contributed by atoms with Crippen molar-refractivity contribution in [2.24, 2.45) is 0 Å². The average Bonchev–Trinajstić information content (AvgIpc) is 2.45. The molecule has 0 unspecified atom stereocenters. The Labute approximate surface area is 120 Å². The van der Waals surface area contributed by atoms with Gasteiger partial charge in [-0.3, -0.25) is 14.9 Å². The molecule has 0 aliphatic carbocycles. The van der Waals surface area contributed by atoms with Crippen molar-refractivity contribution in [3.63, 3.8) is 0 Å². The maximum Gasteiger partial charge on any atom is 0.270 e. The maximum atomic E-state index is 11.5. The first-order valence-electron chi connectivity index (χ1n) is 5.79. The quantitative estimate of drug-likeness (QED) is 0.282. The summed E-state index contributed by atoms with van der Waals surface area (Å²) in [5.41, 5.74) is 1.48. The summed E-state index contributed by atoms with van der Waals surface area (Å²) in [5.74, 6) is 0. The third-order valence-electron chi connectivity index (χ3n) is 2.69. The average molecular weight is 288 g/mol. The normalized spacial score (nSPS) is 11.2. The molecule has 20 heavy (non-hydrogen) atoms. The number of carbonyl (C=O) groups excluding carboxylic acids is 1. The standard InChI is InChI=1S/C15H10ClNO3/c16-15(18)14(12-6-2-1-3-7-12)10-11-5-4-8-13(9-11)17(19)20/h1-10H. The highest BCUT2D eigenvalue weighted by Gasteiger charge is 2.10. The molecule has 2 aromatic rings. The lowest BCUT2D eigenvalue weighted by atomic mass is 10.0. The number of non-ortho nitro benzene ring substituents is 1. The third-order valence-corrected chi connectivity index (χ3v) is 2.89. The van der Waals surface area contributed by atoms with Crippen LogP contribution in [-0.2, 0) is 4.79 Å². The second kappa shape index (κ2) is 6.12. The van der Waals surface area contributed by atoms with Gasteiger partial charge in [0.1, 0.15) is 0 Å². The Bertz CT molecular complexity index is 681. The van der Waals surface area contributed by atoms with Gasteiger partial charge in [0.25, 0.3) is 10.9 Å². The van der Waals surface area contributed by atoms with E-state index in [9.17, 15) is 14.9 Å². The number of hydrogen-bond acceptors (Lipinski definition) is 3. The summed E-state index contributed by atoms with van der Waals surface area (Å²) in [5, 5.41) is 10.1. The van der Waals surface area contributed by atoms with E-state index >= 15 is 0 Å². The van der Waals surface area contributed by atoms with Gasteiger partial charge in [-0.25, -0.2) is 0 Å². The molecule has 100 valence electrons. The van der Waals surface area contributed by atoms with E-state index in [-0.39, 0.29) is 5.69 Å². The number of allylic oxidation sites excluding steroid dienone is 1. The molecular formula is C15H10ClNO3. The zero-order valence-electron chi connectivity index (χ0n) is 10.3. The van der Waals surface area contributed by atoms with Crippen LogP contribution in [0.4, 0.5) is 5.69 Å². The van der Waals surface area contributed by atoms with Crippen molar-refractivity contribution in [1.29, 1.82) is 0 Å². The zero-order chi connectivity index (χ0) is 14.5. The van der Waals surface area contributed by atoms with E-state index in [1.54, 1.807) is 36.4 Å². The van der Waals surface area contributed by atoms with Crippen molar-refractivity contribution >= 4 is 34.2 Å². The molecule has 0 aliphatic rings. The number of rotatable bonds is 4. The Morgan fingerprint density at radius 1 is 1.10 bits per heavy atom. The fourth-order valence-corrected chi connectivity index (χ4v) is 1.93. The minimum atomic E-state index is -0.609. The molecule has 0 atom stereocenters. The van der Waals surface area contributed by atoms with Gasteiger partial charge >= 0.3 is 0 Å². The topological polar surface area (TPSA) is 60.2 Å². The van der Waals surface area contributed by atoms with Crippen LogP contribution in [0.5, 0.6) is 0 Å². The zero-order valence-corrected chi connectivity index (χ0v) is 11.1. The monoisotopic (exact) mass is 287 g/mol. The fourth-order valence-electron chi connectivity index (χ4n) is 1.77. The molecule has 0 saturated heterocycles. The Hall–Kier alpha value is -2.46. The molecule has 0 aromatic heterocycles. The fraction of sp³-hybridized carbons (Fsp3) is 0. The predicted molar refractivity (Wildman–Crippen MR) is 78.3 cm³/mol. The Morgan fingerprint density at radius 2 is 1.80 bits per heavy atom. The first kappa shape index (κ1) is 14.0. The van der Waals surface area contributed by atoms with Crippen molar-refractivity contribution in [3.05, 3.63) is 75.8 Å². The molecule has 0 radical (unpaired) electrons. The molecule has 2 aromatic carbocycles. The number of hydrogen-bond donors (Lipinski definition) is 0. The minimum absolute atomic E-state index is 0.0341. The molecule has 0 spiro atoms. The highest BCUT2D eigenvalue weighted by Crippen LogP contribution is 2.22. The van der Waals surface area contributed by atoms with Crippen molar-refractivity contribution in [1.82, 2.24) is 0 Å². The number of nitro groups is 1. The summed E-state index contributed by atoms with van der Waals surface area (Å²) < 4.78 is 0. The SMILES string of the molecule is O=C(Cl)C(=Cc1cccc([N+](=O)[O-])c1)c1ccccc1. The number of nitrogens with zero attached hydrogens (tertiary/aromatic N) is 1. The summed E-state index contributed by atoms with van der Waals surface area (Å²) in [6, 6.07) is 14.9. The summed E-state index contributed by atoms with van der Waals surface area (Å²) in [6.07, 6.45) is 1.54. The van der Waals surface area contributed by atoms with Crippen molar-refractivity contribution in [3.8, 4) is 0 Å². The molecular weight excluding hydrogens is 278 g/mol. The van der Waals surface area contributed by atoms with Crippen molar-refractivity contribution in [2.75, 3.05) is 0 Å². The van der Waals surface area contributed by atoms with E-state index in [1.807, 2.05) is 6.07 Å². The van der Waals surface area contributed by atoms with E-state index in [0.717, 1.165) is 0 Å². The Kier molecular flexibility index (Phi) is 4.27. The van der Waals surface area contributed by atoms with Crippen LogP contribution in [0, 0.1) is 10.1 Å². The van der Waals surface area contributed by atoms with Gasteiger partial charge < -0.3 is 0 Å². The number of carbonyl (C=O) groups is 1. The van der Waals surface area contributed by atoms with E-state index in [1.165, 1.54) is 18.2 Å². The molecule has 4 nitrogen and oxygen atoms in total. The molecule has 2 rings (SSSR count). The molecule has 0 fully saturated rings. The summed E-state index contributed by atoms with van der Waals surface area (Å²) in [4.78, 5) is 21.8. The largest absolute Gasteiger partial charge is 0.276 e. The van der Waals surface area contributed by atoms with Crippen LogP contribution in [0.2, 0.25) is 0 Å². The van der Waals surface area contributed by atoms with Gasteiger partial charge in [-0.05, 0) is 28.8 Å². The second-order valence-corrected chi connectivity index (χ2v) is 4.39.